The van der Waals surface area contributed by atoms with E-state index < -0.39 is 0 Å². The van der Waals surface area contributed by atoms with Gasteiger partial charge < -0.3 is 9.84 Å². The van der Waals surface area contributed by atoms with Gasteiger partial charge in [-0.1, -0.05) is 53.7 Å². The molecule has 3 aromatic rings. The van der Waals surface area contributed by atoms with Crippen LogP contribution < -0.4 is 5.32 Å². The Balaban J connectivity index is 1.26. The molecule has 1 aromatic heterocycles. The maximum Gasteiger partial charge on any atom is 0.257 e. The fourth-order valence-electron chi connectivity index (χ4n) is 5.31. The molecule has 2 aliphatic rings. The topological polar surface area (TPSA) is 75.4 Å². The summed E-state index contributed by atoms with van der Waals surface area (Å²) in [5.41, 5.74) is 3.48. The van der Waals surface area contributed by atoms with E-state index in [-0.39, 0.29) is 23.7 Å². The average Bonchev–Trinajstić information content (AvgIpc) is 3.31. The molecule has 1 saturated heterocycles. The highest BCUT2D eigenvalue weighted by molar-refractivity contribution is 6.05. The molecule has 0 saturated carbocycles. The van der Waals surface area contributed by atoms with Gasteiger partial charge in [0.1, 0.15) is 5.76 Å². The molecule has 1 atom stereocenters. The van der Waals surface area contributed by atoms with Crippen LogP contribution in [-0.2, 0) is 12.8 Å². The van der Waals surface area contributed by atoms with Crippen molar-refractivity contribution in [3.63, 3.8) is 0 Å². The Kier molecular flexibility index (Phi) is 6.59. The molecule has 176 valence electrons. The summed E-state index contributed by atoms with van der Waals surface area (Å²) in [7, 11) is 0. The number of nitrogens with zero attached hydrogens (tertiary/aromatic N) is 2. The molecule has 0 bridgehead atoms. The van der Waals surface area contributed by atoms with Gasteiger partial charge in [0.25, 0.3) is 5.91 Å². The third-order valence-electron chi connectivity index (χ3n) is 7.34. The molecule has 5 rings (SSSR count). The van der Waals surface area contributed by atoms with E-state index in [9.17, 15) is 9.59 Å². The monoisotopic (exact) mass is 457 g/mol. The second kappa shape index (κ2) is 9.94. The third-order valence-corrected chi connectivity index (χ3v) is 7.34. The molecule has 2 aromatic carbocycles. The van der Waals surface area contributed by atoms with Gasteiger partial charge in [0.2, 0.25) is 0 Å². The minimum absolute atomic E-state index is 0.0581. The van der Waals surface area contributed by atoms with Gasteiger partial charge >= 0.3 is 0 Å². The Bertz CT molecular complexity index is 1160. The number of aromatic nitrogens is 1. The van der Waals surface area contributed by atoms with E-state index >= 15 is 0 Å². The van der Waals surface area contributed by atoms with Crippen molar-refractivity contribution in [3.05, 3.63) is 82.6 Å². The van der Waals surface area contributed by atoms with Gasteiger partial charge in [0.15, 0.2) is 11.6 Å². The van der Waals surface area contributed by atoms with Gasteiger partial charge in [-0.25, -0.2) is 0 Å². The zero-order valence-electron chi connectivity index (χ0n) is 19.6. The number of carbonyl (C=O) groups is 2. The maximum atomic E-state index is 13.2. The molecule has 1 unspecified atom stereocenters. The first kappa shape index (κ1) is 22.5. The number of Topliss-reactive ketones (excluding diaryl/α,β-unsaturated/α-hetero) is 1. The van der Waals surface area contributed by atoms with Gasteiger partial charge in [-0.3, -0.25) is 14.5 Å². The van der Waals surface area contributed by atoms with Crippen LogP contribution in [0.2, 0.25) is 0 Å². The van der Waals surface area contributed by atoms with E-state index in [0.29, 0.717) is 11.4 Å². The van der Waals surface area contributed by atoms with Gasteiger partial charge in [-0.15, -0.1) is 0 Å². The molecular weight excluding hydrogens is 426 g/mol. The van der Waals surface area contributed by atoms with Crippen LogP contribution in [0.25, 0.3) is 0 Å². The molecule has 6 heteroatoms. The number of aryl methyl sites for hydroxylation is 1. The van der Waals surface area contributed by atoms with Crippen molar-refractivity contribution in [3.8, 4) is 0 Å². The van der Waals surface area contributed by atoms with Crippen molar-refractivity contribution in [2.75, 3.05) is 18.4 Å². The predicted octanol–water partition coefficient (Wildman–Crippen LogP) is 5.46. The zero-order chi connectivity index (χ0) is 23.5. The molecule has 2 heterocycles. The second-order valence-corrected chi connectivity index (χ2v) is 9.40. The molecule has 0 radical (unpaired) electrons. The first-order chi connectivity index (χ1) is 16.6. The van der Waals surface area contributed by atoms with E-state index in [1.54, 1.807) is 0 Å². The molecule has 1 fully saturated rings. The lowest BCUT2D eigenvalue weighted by Gasteiger charge is -2.36. The molecule has 1 N–H and O–H groups in total. The number of hydrogen-bond donors (Lipinski definition) is 1. The number of piperidine rings is 1. The van der Waals surface area contributed by atoms with Crippen molar-refractivity contribution < 1.29 is 14.1 Å². The summed E-state index contributed by atoms with van der Waals surface area (Å²) < 4.78 is 5.46. The standard InChI is InChI=1S/C28H31N3O3/c1-19(31-17-15-21(16-18-31)26(32)20-9-3-2-4-10-20)22-11-5-6-12-23(22)28(33)29-27-24-13-7-8-14-25(24)34-30-27/h2-6,9-12,19,21H,7-8,13-18H2,1H3,(H,29,30,33). The first-order valence-corrected chi connectivity index (χ1v) is 12.3. The Hall–Kier alpha value is -3.25. The van der Waals surface area contributed by atoms with E-state index in [2.05, 4.69) is 22.3 Å². The van der Waals surface area contributed by atoms with Crippen molar-refractivity contribution in [1.82, 2.24) is 10.1 Å². The van der Waals surface area contributed by atoms with Gasteiger partial charge in [0, 0.05) is 35.1 Å². The number of anilines is 1. The maximum absolute atomic E-state index is 13.2. The van der Waals surface area contributed by atoms with Crippen LogP contribution in [0.15, 0.2) is 59.1 Å². The summed E-state index contributed by atoms with van der Waals surface area (Å²) in [5, 5.41) is 7.13. The highest BCUT2D eigenvalue weighted by Gasteiger charge is 2.30. The third kappa shape index (κ3) is 4.55. The number of ketones is 1. The summed E-state index contributed by atoms with van der Waals surface area (Å²) in [4.78, 5) is 28.5. The Morgan fingerprint density at radius 2 is 1.71 bits per heavy atom. The van der Waals surface area contributed by atoms with Crippen LogP contribution >= 0.6 is 0 Å². The number of fused-ring (bicyclic) bond motifs is 1. The summed E-state index contributed by atoms with van der Waals surface area (Å²) in [5.74, 6) is 1.60. The summed E-state index contributed by atoms with van der Waals surface area (Å²) in [6, 6.07) is 17.4. The highest BCUT2D eigenvalue weighted by atomic mass is 16.5. The number of amides is 1. The normalized spacial score (nSPS) is 17.7. The van der Waals surface area contributed by atoms with Crippen LogP contribution in [0.4, 0.5) is 5.82 Å². The summed E-state index contributed by atoms with van der Waals surface area (Å²) >= 11 is 0. The summed E-state index contributed by atoms with van der Waals surface area (Å²) in [6.45, 7) is 3.80. The fourth-order valence-corrected chi connectivity index (χ4v) is 5.31. The van der Waals surface area contributed by atoms with Gasteiger partial charge in [-0.2, -0.15) is 0 Å². The second-order valence-electron chi connectivity index (χ2n) is 9.40. The molecule has 34 heavy (non-hydrogen) atoms. The van der Waals surface area contributed by atoms with Crippen LogP contribution in [0.5, 0.6) is 0 Å². The summed E-state index contributed by atoms with van der Waals surface area (Å²) in [6.07, 6.45) is 5.63. The largest absolute Gasteiger partial charge is 0.359 e. The lowest BCUT2D eigenvalue weighted by molar-refractivity contribution is 0.0801. The van der Waals surface area contributed by atoms with Crippen LogP contribution in [0, 0.1) is 5.92 Å². The van der Waals surface area contributed by atoms with Crippen molar-refractivity contribution in [1.29, 1.82) is 0 Å². The van der Waals surface area contributed by atoms with Crippen molar-refractivity contribution in [2.45, 2.75) is 51.5 Å². The zero-order valence-corrected chi connectivity index (χ0v) is 19.6. The Labute approximate surface area is 200 Å². The molecule has 1 aliphatic heterocycles. The molecule has 1 amide bonds. The lowest BCUT2D eigenvalue weighted by atomic mass is 9.87. The van der Waals surface area contributed by atoms with Crippen LogP contribution in [-0.4, -0.2) is 34.8 Å². The number of carbonyl (C=O) groups excluding carboxylic acids is 2. The number of hydrogen-bond acceptors (Lipinski definition) is 5. The van der Waals surface area contributed by atoms with Gasteiger partial charge in [-0.05, 0) is 63.7 Å². The lowest BCUT2D eigenvalue weighted by Crippen LogP contribution is -2.38. The number of likely N-dealkylation sites (tertiary alicyclic amines) is 1. The van der Waals surface area contributed by atoms with Crippen molar-refractivity contribution >= 4 is 17.5 Å². The van der Waals surface area contributed by atoms with Crippen LogP contribution in [0.3, 0.4) is 0 Å². The Morgan fingerprint density at radius 3 is 2.50 bits per heavy atom. The number of benzene rings is 2. The van der Waals surface area contributed by atoms with Crippen molar-refractivity contribution in [2.24, 2.45) is 5.92 Å². The quantitative estimate of drug-likeness (QED) is 0.498. The van der Waals surface area contributed by atoms with E-state index in [1.165, 1.54) is 0 Å². The average molecular weight is 458 g/mol. The van der Waals surface area contributed by atoms with E-state index in [1.807, 2.05) is 54.6 Å². The molecule has 1 aliphatic carbocycles. The smallest absolute Gasteiger partial charge is 0.257 e. The molecular formula is C28H31N3O3. The first-order valence-electron chi connectivity index (χ1n) is 12.3. The van der Waals surface area contributed by atoms with Crippen LogP contribution in [0.1, 0.15) is 76.3 Å². The Morgan fingerprint density at radius 1 is 1.00 bits per heavy atom. The number of rotatable bonds is 6. The van der Waals surface area contributed by atoms with E-state index in [4.69, 9.17) is 4.52 Å². The highest BCUT2D eigenvalue weighted by Crippen LogP contribution is 2.31. The van der Waals surface area contributed by atoms with Gasteiger partial charge in [0.05, 0.1) is 0 Å². The predicted molar refractivity (Wildman–Crippen MR) is 131 cm³/mol. The minimum Gasteiger partial charge on any atom is -0.359 e. The fraction of sp³-hybridized carbons (Fsp3) is 0.393. The van der Waals surface area contributed by atoms with E-state index in [0.717, 1.165) is 74.1 Å². The SMILES string of the molecule is CC(c1ccccc1C(=O)Nc1noc2c1CCCC2)N1CCC(C(=O)c2ccccc2)CC1. The minimum atomic E-state index is -0.154. The molecule has 6 nitrogen and oxygen atoms in total. The molecule has 0 spiro atoms. The number of nitrogens with one attached hydrogen (secondary N) is 1.